The first-order valence-corrected chi connectivity index (χ1v) is 35.4. The summed E-state index contributed by atoms with van der Waals surface area (Å²) in [4.78, 5) is 40.1. The van der Waals surface area contributed by atoms with E-state index in [-0.39, 0.29) is 31.5 Å². The number of nitrogens with zero attached hydrogens (tertiary/aromatic N) is 1. The molecule has 0 saturated carbocycles. The first-order valence-electron chi connectivity index (χ1n) is 33.9. The number of ether oxygens (including phenoxy) is 1. The van der Waals surface area contributed by atoms with Crippen molar-refractivity contribution in [1.82, 2.24) is 5.32 Å². The highest BCUT2D eigenvalue weighted by molar-refractivity contribution is 7.45. The number of hydrogen-bond donors (Lipinski definition) is 1. The van der Waals surface area contributed by atoms with Crippen LogP contribution in [0.15, 0.2) is 48.6 Å². The molecule has 1 N–H and O–H groups in total. The zero-order valence-electron chi connectivity index (χ0n) is 53.1. The summed E-state index contributed by atoms with van der Waals surface area (Å²) in [6.07, 6.45) is 73.6. The fraction of sp³-hybridized carbons (Fsp3) is 0.855. The van der Waals surface area contributed by atoms with Crippen molar-refractivity contribution in [2.24, 2.45) is 0 Å². The molecule has 464 valence electrons. The van der Waals surface area contributed by atoms with Gasteiger partial charge in [0.15, 0.2) is 0 Å². The Labute approximate surface area is 490 Å². The molecule has 0 aliphatic rings. The maximum absolute atomic E-state index is 13.6. The van der Waals surface area contributed by atoms with E-state index in [4.69, 9.17) is 13.8 Å². The molecule has 0 aromatic rings. The molecule has 0 bridgehead atoms. The van der Waals surface area contributed by atoms with Gasteiger partial charge in [0.05, 0.1) is 33.8 Å². The van der Waals surface area contributed by atoms with E-state index in [1.165, 1.54) is 225 Å². The minimum absolute atomic E-state index is 0.0206. The number of carbonyl (C=O) groups is 2. The predicted octanol–water partition coefficient (Wildman–Crippen LogP) is 20.6. The maximum atomic E-state index is 13.6. The number of esters is 1. The van der Waals surface area contributed by atoms with E-state index >= 15 is 0 Å². The molecule has 0 fully saturated rings. The van der Waals surface area contributed by atoms with Gasteiger partial charge in [0.1, 0.15) is 19.3 Å². The van der Waals surface area contributed by atoms with Crippen molar-refractivity contribution >= 4 is 19.7 Å². The van der Waals surface area contributed by atoms with Crippen LogP contribution in [0.5, 0.6) is 0 Å². The Morgan fingerprint density at radius 2 is 0.772 bits per heavy atom. The zero-order chi connectivity index (χ0) is 57.9. The number of phosphoric acid groups is 1. The number of nitrogens with one attached hydrogen (secondary N) is 1. The number of amides is 1. The normalized spacial score (nSPS) is 13.9. The molecule has 3 atom stereocenters. The number of quaternary nitrogens is 1. The van der Waals surface area contributed by atoms with Crippen molar-refractivity contribution in [2.75, 3.05) is 40.9 Å². The second-order valence-electron chi connectivity index (χ2n) is 24.3. The minimum Gasteiger partial charge on any atom is -0.756 e. The lowest BCUT2D eigenvalue weighted by molar-refractivity contribution is -0.870. The van der Waals surface area contributed by atoms with Gasteiger partial charge in [-0.05, 0) is 70.3 Å². The third kappa shape index (κ3) is 60.4. The van der Waals surface area contributed by atoms with Gasteiger partial charge < -0.3 is 28.5 Å². The van der Waals surface area contributed by atoms with E-state index in [1.807, 2.05) is 33.3 Å². The smallest absolute Gasteiger partial charge is 0.306 e. The molecule has 0 aliphatic heterocycles. The van der Waals surface area contributed by atoms with Gasteiger partial charge in [-0.3, -0.25) is 14.2 Å². The summed E-state index contributed by atoms with van der Waals surface area (Å²) in [5.41, 5.74) is 0. The summed E-state index contributed by atoms with van der Waals surface area (Å²) < 4.78 is 30.4. The molecule has 0 heterocycles. The predicted molar refractivity (Wildman–Crippen MR) is 339 cm³/mol. The van der Waals surface area contributed by atoms with Crippen LogP contribution < -0.4 is 10.2 Å². The van der Waals surface area contributed by atoms with Gasteiger partial charge in [-0.2, -0.15) is 0 Å². The van der Waals surface area contributed by atoms with E-state index in [0.717, 1.165) is 70.6 Å². The number of hydrogen-bond acceptors (Lipinski definition) is 7. The van der Waals surface area contributed by atoms with E-state index in [9.17, 15) is 19.0 Å². The van der Waals surface area contributed by atoms with Gasteiger partial charge in [0, 0.05) is 12.8 Å². The minimum atomic E-state index is -4.70. The fourth-order valence-corrected chi connectivity index (χ4v) is 10.7. The van der Waals surface area contributed by atoms with Crippen LogP contribution >= 0.6 is 7.82 Å². The Balaban J connectivity index is 5.07. The zero-order valence-corrected chi connectivity index (χ0v) is 54.0. The summed E-state index contributed by atoms with van der Waals surface area (Å²) in [7, 11) is 1.20. The monoisotopic (exact) mass is 1130 g/mol. The molecule has 0 aromatic heterocycles. The molecule has 0 radical (unpaired) electrons. The van der Waals surface area contributed by atoms with Crippen LogP contribution in [0.3, 0.4) is 0 Å². The molecule has 79 heavy (non-hydrogen) atoms. The third-order valence-electron chi connectivity index (χ3n) is 15.3. The summed E-state index contributed by atoms with van der Waals surface area (Å²) >= 11 is 0. The number of rotatable bonds is 62. The molecule has 3 unspecified atom stereocenters. The van der Waals surface area contributed by atoms with Crippen LogP contribution in [0.1, 0.15) is 329 Å². The van der Waals surface area contributed by atoms with Crippen molar-refractivity contribution < 1.29 is 37.3 Å². The van der Waals surface area contributed by atoms with E-state index < -0.39 is 20.0 Å². The highest BCUT2D eigenvalue weighted by Gasteiger charge is 2.27. The molecule has 0 aromatic carbocycles. The molecular weight excluding hydrogens is 1000 g/mol. The number of likely N-dealkylation sites (N-methyl/N-ethyl adjacent to an activating group) is 1. The van der Waals surface area contributed by atoms with Crippen LogP contribution in [0.25, 0.3) is 0 Å². The SMILES string of the molecule is CCCCC/C=C\C/C=C\C/C=C\CCCCCCCCCCCCCCC(=O)OC(/C=C/CCCCCCCCCCCC)C(COP(=O)([O-])OCC[N+](C)(C)C)NC(=O)CCCCCCCCCCCCCCCCCC. The lowest BCUT2D eigenvalue weighted by Gasteiger charge is -2.30. The first kappa shape index (κ1) is 77.0. The highest BCUT2D eigenvalue weighted by Crippen LogP contribution is 2.38. The van der Waals surface area contributed by atoms with Crippen molar-refractivity contribution in [1.29, 1.82) is 0 Å². The van der Waals surface area contributed by atoms with E-state index in [0.29, 0.717) is 17.4 Å². The van der Waals surface area contributed by atoms with Gasteiger partial charge in [0.2, 0.25) is 5.91 Å². The molecule has 1 amide bonds. The Morgan fingerprint density at radius 3 is 1.18 bits per heavy atom. The molecular formula is C69H131N2O7P. The van der Waals surface area contributed by atoms with Crippen LogP contribution in [0.4, 0.5) is 0 Å². The van der Waals surface area contributed by atoms with Crippen molar-refractivity contribution in [3.05, 3.63) is 48.6 Å². The highest BCUT2D eigenvalue weighted by atomic mass is 31.2. The van der Waals surface area contributed by atoms with Crippen LogP contribution in [-0.2, 0) is 27.9 Å². The number of carbonyl (C=O) groups excluding carboxylic acids is 2. The molecule has 9 nitrogen and oxygen atoms in total. The topological polar surface area (TPSA) is 114 Å². The van der Waals surface area contributed by atoms with Crippen molar-refractivity contribution in [2.45, 2.75) is 341 Å². The van der Waals surface area contributed by atoms with Crippen molar-refractivity contribution in [3.8, 4) is 0 Å². The van der Waals surface area contributed by atoms with Gasteiger partial charge in [0.25, 0.3) is 7.82 Å². The van der Waals surface area contributed by atoms with Crippen LogP contribution in [-0.4, -0.2) is 69.4 Å². The van der Waals surface area contributed by atoms with Crippen molar-refractivity contribution in [3.63, 3.8) is 0 Å². The molecule has 0 rings (SSSR count). The Bertz CT molecular complexity index is 1490. The molecule has 10 heteroatoms. The summed E-state index contributed by atoms with van der Waals surface area (Å²) in [6, 6.07) is -0.886. The summed E-state index contributed by atoms with van der Waals surface area (Å²) in [5.74, 6) is -0.528. The number of phosphoric ester groups is 1. The Hall–Kier alpha value is -2.03. The van der Waals surface area contributed by atoms with Crippen LogP contribution in [0, 0.1) is 0 Å². The Morgan fingerprint density at radius 1 is 0.443 bits per heavy atom. The average Bonchev–Trinajstić information content (AvgIpc) is 3.41. The van der Waals surface area contributed by atoms with E-state index in [1.54, 1.807) is 0 Å². The second-order valence-corrected chi connectivity index (χ2v) is 25.7. The largest absolute Gasteiger partial charge is 0.756 e. The summed E-state index contributed by atoms with van der Waals surface area (Å²) in [5, 5.41) is 3.04. The first-order chi connectivity index (χ1) is 38.4. The molecule has 0 saturated heterocycles. The van der Waals surface area contributed by atoms with E-state index in [2.05, 4.69) is 62.5 Å². The second kappa shape index (κ2) is 59.1. The van der Waals surface area contributed by atoms with Gasteiger partial charge >= 0.3 is 5.97 Å². The van der Waals surface area contributed by atoms with Crippen LogP contribution in [0.2, 0.25) is 0 Å². The summed E-state index contributed by atoms with van der Waals surface area (Å²) in [6.45, 7) is 6.86. The maximum Gasteiger partial charge on any atom is 0.306 e. The number of allylic oxidation sites excluding steroid dienone is 7. The quantitative estimate of drug-likeness (QED) is 0.0212. The standard InChI is InChI=1S/C69H131N2O7P/c1-7-10-13-16-19-22-25-28-30-32-33-34-35-36-37-38-39-40-42-44-47-50-53-56-59-62-69(73)78-67(60-57-54-51-48-45-27-24-21-18-15-12-9-3)66(65-77-79(74,75)76-64-63-71(4,5)6)70-68(72)61-58-55-52-49-46-43-41-31-29-26-23-20-17-14-11-8-2/h19,22,28,30,33-34,57,60,66-67H,7-18,20-21,23-27,29,31-32,35-56,58-59,61-65H2,1-6H3,(H-,70,72,74,75)/b22-19-,30-28-,34-33-,60-57+. The lowest BCUT2D eigenvalue weighted by Crippen LogP contribution is -2.47. The fourth-order valence-electron chi connectivity index (χ4n) is 10.0. The van der Waals surface area contributed by atoms with Gasteiger partial charge in [-0.1, -0.05) is 294 Å². The molecule has 0 aliphatic carbocycles. The average molecular weight is 1130 g/mol. The number of unbranched alkanes of at least 4 members (excludes halogenated alkanes) is 40. The Kier molecular flexibility index (Phi) is 57.6. The van der Waals surface area contributed by atoms with Gasteiger partial charge in [-0.15, -0.1) is 0 Å². The van der Waals surface area contributed by atoms with Gasteiger partial charge in [-0.25, -0.2) is 0 Å². The third-order valence-corrected chi connectivity index (χ3v) is 16.2. The lowest BCUT2D eigenvalue weighted by atomic mass is 10.0. The molecule has 0 spiro atoms.